The number of anilines is 1. The zero-order valence-corrected chi connectivity index (χ0v) is 14.7. The maximum Gasteiger partial charge on any atom is 0.150 e. The highest BCUT2D eigenvalue weighted by atomic mass is 31.0. The fraction of sp³-hybridized carbons (Fsp3) is 0.222. The number of aryl methyl sites for hydroxylation is 2. The molecule has 1 unspecified atom stereocenters. The fourth-order valence-corrected chi connectivity index (χ4v) is 1.80. The minimum absolute atomic E-state index is 0.724. The first-order valence-electron chi connectivity index (χ1n) is 6.94. The zero-order valence-electron chi connectivity index (χ0n) is 13.6. The summed E-state index contributed by atoms with van der Waals surface area (Å²) in [5.74, 6) is 0. The van der Waals surface area contributed by atoms with Crippen molar-refractivity contribution in [2.24, 2.45) is 0 Å². The van der Waals surface area contributed by atoms with Gasteiger partial charge in [-0.3, -0.25) is 4.79 Å². The molecule has 0 aliphatic heterocycles. The molecular formula is C18H24NO2P. The molecule has 0 aliphatic carbocycles. The van der Waals surface area contributed by atoms with Gasteiger partial charge in [-0.25, -0.2) is 0 Å². The monoisotopic (exact) mass is 317 g/mol. The lowest BCUT2D eigenvalue weighted by atomic mass is 10.1. The molecule has 0 aliphatic rings. The molecule has 118 valence electrons. The summed E-state index contributed by atoms with van der Waals surface area (Å²) in [6, 6.07) is 13.9. The second kappa shape index (κ2) is 11.6. The molecule has 0 aromatic heterocycles. The van der Waals surface area contributed by atoms with Crippen LogP contribution in [0.4, 0.5) is 5.69 Å². The van der Waals surface area contributed by atoms with Gasteiger partial charge in [-0.1, -0.05) is 29.8 Å². The Balaban J connectivity index is 0.000000352. The Kier molecular flexibility index (Phi) is 10.6. The smallest absolute Gasteiger partial charge is 0.150 e. The number of nitrogens with one attached hydrogen (secondary N) is 1. The third-order valence-electron chi connectivity index (χ3n) is 2.73. The summed E-state index contributed by atoms with van der Waals surface area (Å²) in [5.41, 5.74) is 4.20. The van der Waals surface area contributed by atoms with E-state index >= 15 is 0 Å². The summed E-state index contributed by atoms with van der Waals surface area (Å²) in [6.07, 6.45) is 1.60. The van der Waals surface area contributed by atoms with Crippen LogP contribution >= 0.6 is 9.24 Å². The third kappa shape index (κ3) is 8.33. The molecule has 0 saturated heterocycles. The molecular weight excluding hydrogens is 293 g/mol. The first-order valence-corrected chi connectivity index (χ1v) is 7.51. The van der Waals surface area contributed by atoms with Crippen LogP contribution in [0.5, 0.6) is 0 Å². The van der Waals surface area contributed by atoms with Crippen molar-refractivity contribution in [2.75, 3.05) is 12.4 Å². The van der Waals surface area contributed by atoms with Crippen molar-refractivity contribution in [2.45, 2.75) is 20.8 Å². The molecule has 2 aromatic rings. The zero-order chi connectivity index (χ0) is 17.0. The fourth-order valence-electron chi connectivity index (χ4n) is 1.61. The largest absolute Gasteiger partial charge is 0.388 e. The van der Waals surface area contributed by atoms with Crippen molar-refractivity contribution in [3.8, 4) is 0 Å². The van der Waals surface area contributed by atoms with Gasteiger partial charge in [-0.2, -0.15) is 0 Å². The van der Waals surface area contributed by atoms with E-state index in [9.17, 15) is 4.79 Å². The lowest BCUT2D eigenvalue weighted by molar-refractivity contribution is -0.106. The SMILES string of the molecule is CC=O.CNc1ccc(C=O)cc1C.Cc1ccc(P)cc1. The summed E-state index contributed by atoms with van der Waals surface area (Å²) in [5, 5.41) is 4.28. The number of benzene rings is 2. The maximum atomic E-state index is 10.3. The molecule has 0 heterocycles. The first-order chi connectivity index (χ1) is 10.5. The lowest BCUT2D eigenvalue weighted by Crippen LogP contribution is -1.92. The van der Waals surface area contributed by atoms with Crippen molar-refractivity contribution in [3.05, 3.63) is 59.2 Å². The summed E-state index contributed by atoms with van der Waals surface area (Å²) in [6.45, 7) is 5.50. The van der Waals surface area contributed by atoms with Gasteiger partial charge in [0.2, 0.25) is 0 Å². The van der Waals surface area contributed by atoms with E-state index in [2.05, 4.69) is 45.7 Å². The van der Waals surface area contributed by atoms with Crippen molar-refractivity contribution >= 4 is 32.8 Å². The van der Waals surface area contributed by atoms with E-state index in [0.29, 0.717) is 0 Å². The van der Waals surface area contributed by atoms with Crippen LogP contribution < -0.4 is 10.6 Å². The molecule has 0 spiro atoms. The number of hydrogen-bond donors (Lipinski definition) is 1. The molecule has 1 N–H and O–H groups in total. The summed E-state index contributed by atoms with van der Waals surface area (Å²) >= 11 is 0. The van der Waals surface area contributed by atoms with E-state index in [1.54, 1.807) is 6.07 Å². The minimum Gasteiger partial charge on any atom is -0.388 e. The highest BCUT2D eigenvalue weighted by Gasteiger charge is 1.95. The van der Waals surface area contributed by atoms with Crippen LogP contribution in [0.25, 0.3) is 0 Å². The quantitative estimate of drug-likeness (QED) is 0.680. The van der Waals surface area contributed by atoms with Crippen molar-refractivity contribution in [3.63, 3.8) is 0 Å². The third-order valence-corrected chi connectivity index (χ3v) is 3.12. The van der Waals surface area contributed by atoms with E-state index in [1.165, 1.54) is 17.8 Å². The van der Waals surface area contributed by atoms with Crippen LogP contribution in [-0.2, 0) is 4.79 Å². The molecule has 0 saturated carbocycles. The number of aldehydes is 2. The van der Waals surface area contributed by atoms with E-state index < -0.39 is 0 Å². The Morgan fingerprint density at radius 3 is 1.91 bits per heavy atom. The van der Waals surface area contributed by atoms with E-state index in [0.717, 1.165) is 29.4 Å². The van der Waals surface area contributed by atoms with Crippen LogP contribution in [0.15, 0.2) is 42.5 Å². The molecule has 0 amide bonds. The van der Waals surface area contributed by atoms with E-state index in [-0.39, 0.29) is 0 Å². The second-order valence-electron chi connectivity index (χ2n) is 4.59. The average Bonchev–Trinajstić information content (AvgIpc) is 2.51. The van der Waals surface area contributed by atoms with Crippen LogP contribution in [0, 0.1) is 13.8 Å². The molecule has 0 bridgehead atoms. The Morgan fingerprint density at radius 2 is 1.55 bits per heavy atom. The van der Waals surface area contributed by atoms with Gasteiger partial charge in [-0.05, 0) is 49.8 Å². The standard InChI is InChI=1S/C9H11NO.C7H9P.C2H4O/c1-7-5-8(6-11)3-4-9(7)10-2;1-6-2-4-7(8)5-3-6;1-2-3/h3-6,10H,1-2H3;2-5H,8H2,1H3;2H,1H3. The lowest BCUT2D eigenvalue weighted by Gasteiger charge is -2.03. The molecule has 22 heavy (non-hydrogen) atoms. The normalized spacial score (nSPS) is 8.59. The number of carbonyl (C=O) groups is 2. The highest BCUT2D eigenvalue weighted by molar-refractivity contribution is 7.27. The predicted octanol–water partition coefficient (Wildman–Crippen LogP) is 3.55. The maximum absolute atomic E-state index is 10.3. The summed E-state index contributed by atoms with van der Waals surface area (Å²) < 4.78 is 0. The molecule has 3 nitrogen and oxygen atoms in total. The predicted molar refractivity (Wildman–Crippen MR) is 98.4 cm³/mol. The van der Waals surface area contributed by atoms with Gasteiger partial charge in [0.05, 0.1) is 0 Å². The van der Waals surface area contributed by atoms with Crippen LogP contribution in [0.3, 0.4) is 0 Å². The number of hydrogen-bond acceptors (Lipinski definition) is 3. The first kappa shape index (κ1) is 20.0. The second-order valence-corrected chi connectivity index (χ2v) is 5.26. The van der Waals surface area contributed by atoms with Crippen LogP contribution in [0.1, 0.15) is 28.4 Å². The minimum atomic E-state index is 0.724. The van der Waals surface area contributed by atoms with Crippen molar-refractivity contribution in [1.82, 2.24) is 0 Å². The van der Waals surface area contributed by atoms with Gasteiger partial charge in [0, 0.05) is 18.3 Å². The van der Waals surface area contributed by atoms with Crippen molar-refractivity contribution in [1.29, 1.82) is 0 Å². The van der Waals surface area contributed by atoms with Crippen LogP contribution in [0.2, 0.25) is 0 Å². The van der Waals surface area contributed by atoms with E-state index in [4.69, 9.17) is 4.79 Å². The molecule has 0 fully saturated rings. The Bertz CT molecular complexity index is 559. The molecule has 2 rings (SSSR count). The Hall–Kier alpha value is -1.99. The summed E-state index contributed by atoms with van der Waals surface area (Å²) in [4.78, 5) is 19.1. The average molecular weight is 317 g/mol. The van der Waals surface area contributed by atoms with Gasteiger partial charge >= 0.3 is 0 Å². The van der Waals surface area contributed by atoms with Crippen LogP contribution in [-0.4, -0.2) is 19.6 Å². The molecule has 1 atom stereocenters. The van der Waals surface area contributed by atoms with Gasteiger partial charge in [0.15, 0.2) is 0 Å². The molecule has 4 heteroatoms. The van der Waals surface area contributed by atoms with Gasteiger partial charge in [0.25, 0.3) is 0 Å². The summed E-state index contributed by atoms with van der Waals surface area (Å²) in [7, 11) is 4.52. The number of rotatable bonds is 2. The number of carbonyl (C=O) groups excluding carboxylic acids is 2. The topological polar surface area (TPSA) is 46.2 Å². The highest BCUT2D eigenvalue weighted by Crippen LogP contribution is 2.14. The van der Waals surface area contributed by atoms with Gasteiger partial charge in [0.1, 0.15) is 12.6 Å². The van der Waals surface area contributed by atoms with Crippen molar-refractivity contribution < 1.29 is 9.59 Å². The van der Waals surface area contributed by atoms with Gasteiger partial charge in [-0.15, -0.1) is 9.24 Å². The Morgan fingerprint density at radius 1 is 1.00 bits per heavy atom. The van der Waals surface area contributed by atoms with Gasteiger partial charge < -0.3 is 10.1 Å². The van der Waals surface area contributed by atoms with E-state index in [1.807, 2.05) is 26.1 Å². The molecule has 2 aromatic carbocycles. The molecule has 0 radical (unpaired) electrons. The Labute approximate surface area is 135 Å².